The predicted octanol–water partition coefficient (Wildman–Crippen LogP) is 2.97. The molecule has 9 nitrogen and oxygen atoms in total. The molecule has 2 aromatic rings. The average molecular weight is 523 g/mol. The molecule has 2 bridgehead atoms. The fourth-order valence-corrected chi connectivity index (χ4v) is 7.46. The van der Waals surface area contributed by atoms with Gasteiger partial charge in [0.1, 0.15) is 12.0 Å². The molecule has 3 fully saturated rings. The van der Waals surface area contributed by atoms with E-state index in [2.05, 4.69) is 38.2 Å². The number of pyridine rings is 1. The summed E-state index contributed by atoms with van der Waals surface area (Å²) in [6.45, 7) is 7.72. The number of amides is 1. The largest absolute Gasteiger partial charge is 0.373 e. The molecule has 2 saturated carbocycles. The number of rotatable bonds is 8. The molecule has 0 atom stereocenters. The van der Waals surface area contributed by atoms with E-state index in [4.69, 9.17) is 10.5 Å². The molecule has 4 heterocycles. The number of hydrogen-bond acceptors (Lipinski definition) is 7. The second-order valence-corrected chi connectivity index (χ2v) is 12.1. The van der Waals surface area contributed by atoms with Gasteiger partial charge in [-0.1, -0.05) is 0 Å². The number of aromatic nitrogens is 3. The van der Waals surface area contributed by atoms with E-state index >= 15 is 0 Å². The Morgan fingerprint density at radius 3 is 2.71 bits per heavy atom. The number of hydrogen-bond donors (Lipinski definition) is 3. The van der Waals surface area contributed by atoms with Crippen LogP contribution >= 0.6 is 0 Å². The molecule has 204 valence electrons. The number of carbonyl (C=O) groups is 1. The van der Waals surface area contributed by atoms with Gasteiger partial charge in [0.25, 0.3) is 0 Å². The van der Waals surface area contributed by atoms with Gasteiger partial charge in [0.05, 0.1) is 23.5 Å². The van der Waals surface area contributed by atoms with Crippen molar-refractivity contribution in [2.45, 2.75) is 77.2 Å². The van der Waals surface area contributed by atoms with Crippen LogP contribution in [0, 0.1) is 24.7 Å². The Morgan fingerprint density at radius 2 is 2.03 bits per heavy atom. The first-order valence-electron chi connectivity index (χ1n) is 13.9. The van der Waals surface area contributed by atoms with E-state index < -0.39 is 6.17 Å². The number of nitrogens with zero attached hydrogens (tertiary/aromatic N) is 5. The number of anilines is 2. The van der Waals surface area contributed by atoms with Gasteiger partial charge < -0.3 is 20.9 Å². The molecule has 3 N–H and O–H groups in total. The molecule has 1 amide bonds. The number of halogens is 1. The first-order valence-corrected chi connectivity index (χ1v) is 13.9. The molecule has 2 aliphatic carbocycles. The molecule has 0 radical (unpaired) electrons. The second kappa shape index (κ2) is 9.32. The molecule has 2 aromatic heterocycles. The highest BCUT2D eigenvalue weighted by molar-refractivity contribution is 5.92. The van der Waals surface area contributed by atoms with E-state index in [-0.39, 0.29) is 16.9 Å². The molecule has 0 unspecified atom stereocenters. The second-order valence-electron chi connectivity index (χ2n) is 12.1. The Labute approximate surface area is 223 Å². The summed E-state index contributed by atoms with van der Waals surface area (Å²) in [5, 5.41) is 19.5. The van der Waals surface area contributed by atoms with Gasteiger partial charge in [-0.3, -0.25) is 14.4 Å². The highest BCUT2D eigenvalue weighted by atomic mass is 19.1. The van der Waals surface area contributed by atoms with Gasteiger partial charge in [-0.2, -0.15) is 5.10 Å². The van der Waals surface area contributed by atoms with Crippen LogP contribution < -0.4 is 15.5 Å². The average Bonchev–Trinajstić information content (AvgIpc) is 3.51. The molecule has 0 spiro atoms. The van der Waals surface area contributed by atoms with E-state index in [0.717, 1.165) is 86.6 Å². The Kier molecular flexibility index (Phi) is 6.20. The van der Waals surface area contributed by atoms with Gasteiger partial charge in [-0.25, -0.2) is 9.37 Å². The fourth-order valence-electron chi connectivity index (χ4n) is 7.46. The summed E-state index contributed by atoms with van der Waals surface area (Å²) in [7, 11) is 1.85. The fraction of sp³-hybridized carbons (Fsp3) is 0.643. The molecular weight excluding hydrogens is 483 g/mol. The van der Waals surface area contributed by atoms with Crippen LogP contribution in [-0.2, 0) is 24.3 Å². The molecule has 2 aliphatic heterocycles. The van der Waals surface area contributed by atoms with Crippen molar-refractivity contribution in [2.24, 2.45) is 5.41 Å². The quantitative estimate of drug-likeness (QED) is 0.461. The predicted molar refractivity (Wildman–Crippen MR) is 146 cm³/mol. The molecule has 4 aliphatic rings. The monoisotopic (exact) mass is 522 g/mol. The maximum atomic E-state index is 13.1. The highest BCUT2D eigenvalue weighted by Crippen LogP contribution is 2.57. The van der Waals surface area contributed by atoms with Crippen LogP contribution in [0.25, 0.3) is 0 Å². The lowest BCUT2D eigenvalue weighted by Crippen LogP contribution is -2.55. The SMILES string of the molecule is CNc1nc(C)cc(N2CCc3c(c(C)nn3CC34CCC(NC(=O)CN5CC(F)C5)(CC3)C4)C2)c1C=N. The van der Waals surface area contributed by atoms with Crippen molar-refractivity contribution in [3.05, 3.63) is 34.3 Å². The maximum absolute atomic E-state index is 13.1. The minimum absolute atomic E-state index is 0.0408. The Balaban J connectivity index is 1.16. The number of alkyl halides is 1. The van der Waals surface area contributed by atoms with Crippen molar-refractivity contribution in [3.63, 3.8) is 0 Å². The van der Waals surface area contributed by atoms with Crippen LogP contribution in [0.3, 0.4) is 0 Å². The number of likely N-dealkylation sites (tertiary alicyclic amines) is 1. The van der Waals surface area contributed by atoms with Crippen LogP contribution in [0.4, 0.5) is 15.9 Å². The van der Waals surface area contributed by atoms with Crippen LogP contribution in [0.1, 0.15) is 60.3 Å². The zero-order valence-corrected chi connectivity index (χ0v) is 22.7. The lowest BCUT2D eigenvalue weighted by Gasteiger charge is -2.35. The minimum Gasteiger partial charge on any atom is -0.373 e. The molecule has 6 rings (SSSR count). The summed E-state index contributed by atoms with van der Waals surface area (Å²) in [4.78, 5) is 21.5. The summed E-state index contributed by atoms with van der Waals surface area (Å²) in [6.07, 6.45) is 6.77. The van der Waals surface area contributed by atoms with Crippen LogP contribution in [-0.4, -0.2) is 76.7 Å². The van der Waals surface area contributed by atoms with Crippen LogP contribution in [0.5, 0.6) is 0 Å². The summed E-state index contributed by atoms with van der Waals surface area (Å²) in [6, 6.07) is 2.08. The zero-order chi connectivity index (χ0) is 26.7. The number of fused-ring (bicyclic) bond motifs is 3. The standard InChI is InChI=1S/C28H39FN8O/c1-18-10-24(21(11-30)26(31-3)32-18)36-9-4-23-22(14-36)19(2)34-37(23)17-27-5-7-28(16-27,8-6-27)33-25(38)15-35-12-20(29)13-35/h10-11,20,30H,4-9,12-17H2,1-3H3,(H,31,32)(H,33,38). The van der Waals surface area contributed by atoms with E-state index in [1.807, 2.05) is 18.9 Å². The van der Waals surface area contributed by atoms with E-state index in [9.17, 15) is 9.18 Å². The number of carbonyl (C=O) groups excluding carboxylic acids is 1. The highest BCUT2D eigenvalue weighted by Gasteiger charge is 2.55. The lowest BCUT2D eigenvalue weighted by molar-refractivity contribution is -0.125. The van der Waals surface area contributed by atoms with Gasteiger partial charge in [0.2, 0.25) is 5.91 Å². The van der Waals surface area contributed by atoms with Crippen molar-refractivity contribution in [3.8, 4) is 0 Å². The zero-order valence-electron chi connectivity index (χ0n) is 22.7. The molecule has 10 heteroatoms. The molecule has 1 saturated heterocycles. The Hall–Kier alpha value is -3.01. The van der Waals surface area contributed by atoms with Crippen molar-refractivity contribution in [1.82, 2.24) is 25.0 Å². The van der Waals surface area contributed by atoms with Crippen LogP contribution in [0.2, 0.25) is 0 Å². The summed E-state index contributed by atoms with van der Waals surface area (Å²) >= 11 is 0. The van der Waals surface area contributed by atoms with Crippen LogP contribution in [0.15, 0.2) is 6.07 Å². The first-order chi connectivity index (χ1) is 18.2. The van der Waals surface area contributed by atoms with Crippen molar-refractivity contribution < 1.29 is 9.18 Å². The van der Waals surface area contributed by atoms with Crippen molar-refractivity contribution in [2.75, 3.05) is 43.4 Å². The van der Waals surface area contributed by atoms with Gasteiger partial charge >= 0.3 is 0 Å². The van der Waals surface area contributed by atoms with E-state index in [1.165, 1.54) is 17.5 Å². The molecule has 38 heavy (non-hydrogen) atoms. The lowest BCUT2D eigenvalue weighted by atomic mass is 9.84. The molecular formula is C28H39FN8O. The summed E-state index contributed by atoms with van der Waals surface area (Å²) in [5.74, 6) is 0.779. The topological polar surface area (TPSA) is 102 Å². The first kappa shape index (κ1) is 25.3. The maximum Gasteiger partial charge on any atom is 0.234 e. The van der Waals surface area contributed by atoms with Crippen molar-refractivity contribution >= 4 is 23.6 Å². The third kappa shape index (κ3) is 4.36. The third-order valence-electron chi connectivity index (χ3n) is 9.37. The Bertz CT molecular complexity index is 1260. The van der Waals surface area contributed by atoms with Gasteiger partial charge in [0.15, 0.2) is 0 Å². The van der Waals surface area contributed by atoms with E-state index in [1.54, 1.807) is 0 Å². The van der Waals surface area contributed by atoms with Crippen molar-refractivity contribution in [1.29, 1.82) is 5.41 Å². The smallest absolute Gasteiger partial charge is 0.234 e. The van der Waals surface area contributed by atoms with Gasteiger partial charge in [-0.05, 0) is 57.4 Å². The van der Waals surface area contributed by atoms with E-state index in [0.29, 0.717) is 19.6 Å². The summed E-state index contributed by atoms with van der Waals surface area (Å²) < 4.78 is 15.4. The summed E-state index contributed by atoms with van der Waals surface area (Å²) in [5.41, 5.74) is 6.56. The van der Waals surface area contributed by atoms with Gasteiger partial charge in [0, 0.05) is 74.9 Å². The number of nitrogens with one attached hydrogen (secondary N) is 3. The van der Waals surface area contributed by atoms with Gasteiger partial charge in [-0.15, -0.1) is 0 Å². The Morgan fingerprint density at radius 1 is 1.26 bits per heavy atom. The third-order valence-corrected chi connectivity index (χ3v) is 9.37. The minimum atomic E-state index is -0.778. The number of aryl methyl sites for hydroxylation is 2. The normalized spacial score (nSPS) is 26.8. The molecule has 0 aromatic carbocycles.